The zero-order valence-electron chi connectivity index (χ0n) is 14.4. The Kier molecular flexibility index (Phi) is 4.29. The van der Waals surface area contributed by atoms with E-state index in [2.05, 4.69) is 26.8 Å². The van der Waals surface area contributed by atoms with E-state index in [4.69, 9.17) is 4.74 Å². The molecular weight excluding hydrogens is 319 g/mol. The molecule has 1 atom stereocenters. The van der Waals surface area contributed by atoms with Gasteiger partial charge in [0, 0.05) is 32.0 Å². The molecule has 25 heavy (non-hydrogen) atoms. The molecule has 1 spiro atoms. The summed E-state index contributed by atoms with van der Waals surface area (Å²) in [5, 5.41) is 0. The van der Waals surface area contributed by atoms with E-state index in [0.29, 0.717) is 6.04 Å². The molecule has 2 fully saturated rings. The number of anilines is 2. The van der Waals surface area contributed by atoms with E-state index in [1.54, 1.807) is 12.5 Å². The maximum atomic E-state index is 13.1. The summed E-state index contributed by atoms with van der Waals surface area (Å²) in [5.74, 6) is 0.788. The Balaban J connectivity index is 1.38. The van der Waals surface area contributed by atoms with Crippen molar-refractivity contribution in [3.63, 3.8) is 0 Å². The van der Waals surface area contributed by atoms with Gasteiger partial charge >= 0.3 is 0 Å². The van der Waals surface area contributed by atoms with Crippen molar-refractivity contribution in [1.29, 1.82) is 0 Å². The quantitative estimate of drug-likeness (QED) is 0.858. The molecule has 132 valence electrons. The predicted molar refractivity (Wildman–Crippen MR) is 95.4 cm³/mol. The third-order valence-electron chi connectivity index (χ3n) is 5.54. The minimum atomic E-state index is -0.201. The molecule has 0 aliphatic carbocycles. The van der Waals surface area contributed by atoms with Crippen LogP contribution < -0.4 is 9.80 Å². The van der Waals surface area contributed by atoms with Crippen LogP contribution in [0.5, 0.6) is 0 Å². The van der Waals surface area contributed by atoms with Crippen LogP contribution in [0.3, 0.4) is 0 Å². The molecule has 5 nitrogen and oxygen atoms in total. The smallest absolute Gasteiger partial charge is 0.131 e. The van der Waals surface area contributed by atoms with Gasteiger partial charge in [0.05, 0.1) is 18.2 Å². The van der Waals surface area contributed by atoms with E-state index in [-0.39, 0.29) is 11.4 Å². The van der Waals surface area contributed by atoms with Gasteiger partial charge in [-0.25, -0.2) is 14.4 Å². The van der Waals surface area contributed by atoms with Crippen molar-refractivity contribution in [3.8, 4) is 0 Å². The number of likely N-dealkylation sites (N-methyl/N-ethyl adjacent to an activating group) is 1. The molecule has 0 saturated carbocycles. The van der Waals surface area contributed by atoms with Crippen molar-refractivity contribution < 1.29 is 9.13 Å². The maximum absolute atomic E-state index is 13.1. The minimum absolute atomic E-state index is 0.0392. The minimum Gasteiger partial charge on any atom is -0.373 e. The monoisotopic (exact) mass is 342 g/mol. The van der Waals surface area contributed by atoms with Gasteiger partial charge in [0.2, 0.25) is 0 Å². The van der Waals surface area contributed by atoms with Crippen LogP contribution in [0.25, 0.3) is 0 Å². The number of rotatable bonds is 3. The zero-order valence-corrected chi connectivity index (χ0v) is 14.4. The third-order valence-corrected chi connectivity index (χ3v) is 5.54. The molecule has 0 radical (unpaired) electrons. The van der Waals surface area contributed by atoms with Gasteiger partial charge in [-0.2, -0.15) is 0 Å². The highest BCUT2D eigenvalue weighted by molar-refractivity contribution is 5.47. The topological polar surface area (TPSA) is 41.5 Å². The van der Waals surface area contributed by atoms with E-state index >= 15 is 0 Å². The van der Waals surface area contributed by atoms with Crippen LogP contribution in [-0.2, 0) is 4.74 Å². The van der Waals surface area contributed by atoms with Crippen molar-refractivity contribution in [1.82, 2.24) is 9.97 Å². The maximum Gasteiger partial charge on any atom is 0.131 e. The van der Waals surface area contributed by atoms with Gasteiger partial charge in [0.15, 0.2) is 0 Å². The number of piperidine rings is 1. The van der Waals surface area contributed by atoms with Crippen LogP contribution >= 0.6 is 0 Å². The Morgan fingerprint density at radius 3 is 2.64 bits per heavy atom. The number of nitrogens with zero attached hydrogens (tertiary/aromatic N) is 4. The second-order valence-corrected chi connectivity index (χ2v) is 6.99. The van der Waals surface area contributed by atoms with Gasteiger partial charge < -0.3 is 14.5 Å². The summed E-state index contributed by atoms with van der Waals surface area (Å²) in [6.07, 6.45) is 6.40. The van der Waals surface area contributed by atoms with Gasteiger partial charge in [-0.3, -0.25) is 0 Å². The van der Waals surface area contributed by atoms with Gasteiger partial charge in [0.1, 0.15) is 18.0 Å². The number of benzene rings is 1. The summed E-state index contributed by atoms with van der Waals surface area (Å²) in [7, 11) is 2.07. The second-order valence-electron chi connectivity index (χ2n) is 6.99. The van der Waals surface area contributed by atoms with Gasteiger partial charge in [-0.1, -0.05) is 0 Å². The molecule has 2 aromatic rings. The van der Waals surface area contributed by atoms with E-state index in [0.717, 1.165) is 50.5 Å². The number of aromatic nitrogens is 2. The average molecular weight is 342 g/mol. The van der Waals surface area contributed by atoms with Gasteiger partial charge in [-0.05, 0) is 49.6 Å². The van der Waals surface area contributed by atoms with Gasteiger partial charge in [0.25, 0.3) is 0 Å². The van der Waals surface area contributed by atoms with Crippen LogP contribution in [0.1, 0.15) is 19.3 Å². The van der Waals surface area contributed by atoms with Crippen LogP contribution in [0, 0.1) is 5.82 Å². The third kappa shape index (κ3) is 3.31. The predicted octanol–water partition coefficient (Wildman–Crippen LogP) is 2.88. The molecule has 0 amide bonds. The zero-order chi connectivity index (χ0) is 17.3. The fraction of sp³-hybridized carbons (Fsp3) is 0.474. The number of hydrogen-bond acceptors (Lipinski definition) is 5. The highest BCUT2D eigenvalue weighted by Crippen LogP contribution is 2.39. The lowest BCUT2D eigenvalue weighted by Crippen LogP contribution is -2.45. The first kappa shape index (κ1) is 16.3. The van der Waals surface area contributed by atoms with Crippen molar-refractivity contribution in [2.24, 2.45) is 0 Å². The van der Waals surface area contributed by atoms with E-state index in [9.17, 15) is 4.39 Å². The molecule has 2 saturated heterocycles. The summed E-state index contributed by atoms with van der Waals surface area (Å²) >= 11 is 0. The van der Waals surface area contributed by atoms with Crippen molar-refractivity contribution >= 4 is 11.5 Å². The Hall–Kier alpha value is -2.21. The molecular formula is C19H23FN4O. The Morgan fingerprint density at radius 1 is 1.20 bits per heavy atom. The number of hydrogen-bond donors (Lipinski definition) is 0. The first-order valence-corrected chi connectivity index (χ1v) is 8.79. The molecule has 6 heteroatoms. The van der Waals surface area contributed by atoms with Crippen LogP contribution in [-0.4, -0.2) is 48.4 Å². The highest BCUT2D eigenvalue weighted by Gasteiger charge is 2.44. The normalized spacial score (nSPS) is 22.3. The molecule has 1 aromatic heterocycles. The van der Waals surface area contributed by atoms with E-state index in [1.165, 1.54) is 12.1 Å². The van der Waals surface area contributed by atoms with E-state index in [1.807, 2.05) is 18.2 Å². The molecule has 0 N–H and O–H groups in total. The average Bonchev–Trinajstić information content (AvgIpc) is 3.07. The Morgan fingerprint density at radius 2 is 1.96 bits per heavy atom. The molecule has 2 aliphatic rings. The van der Waals surface area contributed by atoms with E-state index < -0.39 is 0 Å². The summed E-state index contributed by atoms with van der Waals surface area (Å²) in [4.78, 5) is 12.8. The summed E-state index contributed by atoms with van der Waals surface area (Å²) in [5.41, 5.74) is 0.994. The summed E-state index contributed by atoms with van der Waals surface area (Å²) in [6, 6.07) is 8.97. The molecule has 2 aliphatic heterocycles. The Bertz CT molecular complexity index is 701. The van der Waals surface area contributed by atoms with Crippen LogP contribution in [0.4, 0.5) is 15.9 Å². The number of halogens is 1. The summed E-state index contributed by atoms with van der Waals surface area (Å²) < 4.78 is 19.4. The molecule has 1 aromatic carbocycles. The largest absolute Gasteiger partial charge is 0.373 e. The first-order chi connectivity index (χ1) is 12.2. The van der Waals surface area contributed by atoms with Crippen molar-refractivity contribution in [3.05, 3.63) is 48.7 Å². The highest BCUT2D eigenvalue weighted by atomic mass is 19.1. The number of ether oxygens (including phenoxy) is 1. The fourth-order valence-corrected chi connectivity index (χ4v) is 3.92. The van der Waals surface area contributed by atoms with Crippen LogP contribution in [0.2, 0.25) is 0 Å². The lowest BCUT2D eigenvalue weighted by atomic mass is 9.87. The molecule has 3 heterocycles. The second kappa shape index (κ2) is 6.59. The summed E-state index contributed by atoms with van der Waals surface area (Å²) in [6.45, 7) is 2.62. The SMILES string of the molecule is CN(c1ccc(F)cc1)[C@@H]1COC2(CCN(c3ccncn3)CC2)C1. The van der Waals surface area contributed by atoms with Crippen molar-refractivity contribution in [2.75, 3.05) is 36.5 Å². The lowest BCUT2D eigenvalue weighted by molar-refractivity contribution is -0.0149. The molecule has 4 rings (SSSR count). The molecule has 0 bridgehead atoms. The fourth-order valence-electron chi connectivity index (χ4n) is 3.92. The molecule has 0 unspecified atom stereocenters. The first-order valence-electron chi connectivity index (χ1n) is 8.79. The van der Waals surface area contributed by atoms with Crippen molar-refractivity contribution in [2.45, 2.75) is 30.9 Å². The van der Waals surface area contributed by atoms with Crippen LogP contribution in [0.15, 0.2) is 42.9 Å². The van der Waals surface area contributed by atoms with Gasteiger partial charge in [-0.15, -0.1) is 0 Å². The standard InChI is InChI=1S/C19H23FN4O/c1-23(16-4-2-15(20)3-5-16)17-12-19(25-13-17)7-10-24(11-8-19)18-6-9-21-14-22-18/h2-6,9,14,17H,7-8,10-13H2,1H3/t17-/m0/s1. The lowest BCUT2D eigenvalue weighted by Gasteiger charge is -2.39. The Labute approximate surface area is 147 Å².